The van der Waals surface area contributed by atoms with E-state index in [1.54, 1.807) is 18.2 Å². The third-order valence-corrected chi connectivity index (χ3v) is 4.35. The molecule has 0 saturated carbocycles. The van der Waals surface area contributed by atoms with E-state index in [0.29, 0.717) is 11.5 Å². The number of rotatable bonds is 3. The quantitative estimate of drug-likeness (QED) is 0.801. The second-order valence-corrected chi connectivity index (χ2v) is 5.82. The minimum absolute atomic E-state index is 0.0216. The van der Waals surface area contributed by atoms with Crippen molar-refractivity contribution in [3.05, 3.63) is 59.7 Å². The molecule has 1 aliphatic heterocycles. The first-order chi connectivity index (χ1) is 11.6. The fraction of sp³-hybridized carbons (Fsp3) is 0.235. The Morgan fingerprint density at radius 2 is 2.17 bits per heavy atom. The van der Waals surface area contributed by atoms with Gasteiger partial charge in [0, 0.05) is 6.54 Å². The summed E-state index contributed by atoms with van der Waals surface area (Å²) in [5.41, 5.74) is 1.41. The molecular formula is C17H15FN4O2. The van der Waals surface area contributed by atoms with Crippen LogP contribution in [0.3, 0.4) is 0 Å². The molecule has 0 radical (unpaired) electrons. The number of carbonyl (C=O) groups is 1. The van der Waals surface area contributed by atoms with E-state index >= 15 is 0 Å². The lowest BCUT2D eigenvalue weighted by Gasteiger charge is -2.26. The molecule has 7 heteroatoms. The largest absolute Gasteiger partial charge is 0.476 e. The number of hydrogen-bond donors (Lipinski definition) is 1. The van der Waals surface area contributed by atoms with Gasteiger partial charge in [0.25, 0.3) is 0 Å². The van der Waals surface area contributed by atoms with E-state index in [2.05, 4.69) is 15.0 Å². The third kappa shape index (κ3) is 2.38. The molecule has 0 spiro atoms. The fourth-order valence-electron chi connectivity index (χ4n) is 3.26. The van der Waals surface area contributed by atoms with Gasteiger partial charge in [-0.25, -0.2) is 18.7 Å². The summed E-state index contributed by atoms with van der Waals surface area (Å²) in [6.07, 6.45) is 3.16. The molecule has 0 amide bonds. The summed E-state index contributed by atoms with van der Waals surface area (Å²) < 4.78 is 14.9. The van der Waals surface area contributed by atoms with Gasteiger partial charge in [-0.2, -0.15) is 0 Å². The lowest BCUT2D eigenvalue weighted by Crippen LogP contribution is -2.24. The lowest BCUT2D eigenvalue weighted by atomic mass is 10.0. The van der Waals surface area contributed by atoms with Gasteiger partial charge in [0.05, 0.1) is 12.2 Å². The van der Waals surface area contributed by atoms with Gasteiger partial charge in [0.1, 0.15) is 11.6 Å². The van der Waals surface area contributed by atoms with Crippen molar-refractivity contribution in [1.29, 1.82) is 0 Å². The Bertz CT molecular complexity index is 924. The van der Waals surface area contributed by atoms with E-state index in [1.807, 2.05) is 12.1 Å². The van der Waals surface area contributed by atoms with Gasteiger partial charge in [-0.05, 0) is 42.7 Å². The molecule has 0 unspecified atom stereocenters. The van der Waals surface area contributed by atoms with Gasteiger partial charge in [0.2, 0.25) is 0 Å². The van der Waals surface area contributed by atoms with E-state index in [-0.39, 0.29) is 17.6 Å². The molecule has 0 aliphatic carbocycles. The number of carboxylic acid groups (broad SMARTS) is 1. The van der Waals surface area contributed by atoms with Gasteiger partial charge < -0.3 is 10.0 Å². The highest BCUT2D eigenvalue weighted by atomic mass is 19.1. The SMILES string of the molecule is O=C(O)c1cnc2ccc(N3CCC[C@@H]3c3cccc(F)c3)nn12. The van der Waals surface area contributed by atoms with Crippen LogP contribution in [0.2, 0.25) is 0 Å². The standard InChI is InChI=1S/C17H15FN4O2/c18-12-4-1-3-11(9-12)13-5-2-8-21(13)16-7-6-15-19-10-14(17(23)24)22(15)20-16/h1,3-4,6-7,9-10,13H,2,5,8H2,(H,23,24)/t13-/m1/s1. The van der Waals surface area contributed by atoms with Crippen LogP contribution >= 0.6 is 0 Å². The Labute approximate surface area is 137 Å². The predicted octanol–water partition coefficient (Wildman–Crippen LogP) is 2.91. The zero-order chi connectivity index (χ0) is 16.7. The molecule has 4 rings (SSSR count). The number of hydrogen-bond acceptors (Lipinski definition) is 4. The molecule has 2 aromatic heterocycles. The summed E-state index contributed by atoms with van der Waals surface area (Å²) in [6, 6.07) is 10.2. The highest BCUT2D eigenvalue weighted by Gasteiger charge is 2.28. The molecule has 122 valence electrons. The average molecular weight is 326 g/mol. The molecule has 1 N–H and O–H groups in total. The lowest BCUT2D eigenvalue weighted by molar-refractivity contribution is 0.0688. The molecule has 3 heterocycles. The van der Waals surface area contributed by atoms with Crippen molar-refractivity contribution < 1.29 is 14.3 Å². The number of anilines is 1. The van der Waals surface area contributed by atoms with Gasteiger partial charge >= 0.3 is 5.97 Å². The molecule has 1 aliphatic rings. The number of fused-ring (bicyclic) bond motifs is 1. The molecular weight excluding hydrogens is 311 g/mol. The number of aromatic carboxylic acids is 1. The maximum atomic E-state index is 13.5. The van der Waals surface area contributed by atoms with Crippen LogP contribution in [0.5, 0.6) is 0 Å². The number of halogens is 1. The molecule has 3 aromatic rings. The molecule has 1 fully saturated rings. The summed E-state index contributed by atoms with van der Waals surface area (Å²) in [7, 11) is 0. The summed E-state index contributed by atoms with van der Waals surface area (Å²) >= 11 is 0. The van der Waals surface area contributed by atoms with Crippen LogP contribution in [0, 0.1) is 5.82 Å². The number of carboxylic acids is 1. The van der Waals surface area contributed by atoms with Crippen molar-refractivity contribution >= 4 is 17.4 Å². The Morgan fingerprint density at radius 1 is 1.29 bits per heavy atom. The topological polar surface area (TPSA) is 70.7 Å². The Kier molecular flexibility index (Phi) is 3.41. The Morgan fingerprint density at radius 3 is 2.96 bits per heavy atom. The van der Waals surface area contributed by atoms with Crippen LogP contribution < -0.4 is 4.90 Å². The minimum atomic E-state index is -1.07. The maximum absolute atomic E-state index is 13.5. The molecule has 6 nitrogen and oxygen atoms in total. The highest BCUT2D eigenvalue weighted by molar-refractivity contribution is 5.86. The zero-order valence-electron chi connectivity index (χ0n) is 12.8. The molecule has 0 bridgehead atoms. The zero-order valence-corrected chi connectivity index (χ0v) is 12.8. The molecule has 1 aromatic carbocycles. The van der Waals surface area contributed by atoms with E-state index in [1.165, 1.54) is 16.8 Å². The van der Waals surface area contributed by atoms with Crippen LogP contribution in [0.4, 0.5) is 10.2 Å². The third-order valence-electron chi connectivity index (χ3n) is 4.35. The molecule has 1 saturated heterocycles. The van der Waals surface area contributed by atoms with Crippen LogP contribution in [0.15, 0.2) is 42.6 Å². The van der Waals surface area contributed by atoms with E-state index in [9.17, 15) is 14.3 Å². The average Bonchev–Trinajstić information content (AvgIpc) is 3.21. The first-order valence-electron chi connectivity index (χ1n) is 7.74. The Balaban J connectivity index is 1.75. The van der Waals surface area contributed by atoms with Gasteiger partial charge in [-0.1, -0.05) is 12.1 Å². The van der Waals surface area contributed by atoms with Gasteiger partial charge in [0.15, 0.2) is 11.3 Å². The van der Waals surface area contributed by atoms with Crippen LogP contribution in [-0.4, -0.2) is 32.2 Å². The van der Waals surface area contributed by atoms with Crippen molar-refractivity contribution in [2.24, 2.45) is 0 Å². The van der Waals surface area contributed by atoms with Crippen molar-refractivity contribution in [2.45, 2.75) is 18.9 Å². The number of benzene rings is 1. The minimum Gasteiger partial charge on any atom is -0.476 e. The fourth-order valence-corrected chi connectivity index (χ4v) is 3.26. The molecule has 1 atom stereocenters. The van der Waals surface area contributed by atoms with Crippen molar-refractivity contribution in [3.63, 3.8) is 0 Å². The van der Waals surface area contributed by atoms with Crippen LogP contribution in [0.25, 0.3) is 5.65 Å². The highest BCUT2D eigenvalue weighted by Crippen LogP contribution is 2.35. The van der Waals surface area contributed by atoms with Crippen molar-refractivity contribution in [3.8, 4) is 0 Å². The summed E-state index contributed by atoms with van der Waals surface area (Å²) in [6.45, 7) is 0.788. The smallest absolute Gasteiger partial charge is 0.356 e. The first-order valence-corrected chi connectivity index (χ1v) is 7.74. The second-order valence-electron chi connectivity index (χ2n) is 5.82. The predicted molar refractivity (Wildman–Crippen MR) is 85.7 cm³/mol. The van der Waals surface area contributed by atoms with Crippen LogP contribution in [0.1, 0.15) is 34.9 Å². The van der Waals surface area contributed by atoms with E-state index < -0.39 is 5.97 Å². The van der Waals surface area contributed by atoms with E-state index in [0.717, 1.165) is 24.9 Å². The number of imidazole rings is 1. The first kappa shape index (κ1) is 14.6. The maximum Gasteiger partial charge on any atom is 0.356 e. The second kappa shape index (κ2) is 5.59. The summed E-state index contributed by atoms with van der Waals surface area (Å²) in [5.74, 6) is -0.671. The van der Waals surface area contributed by atoms with E-state index in [4.69, 9.17) is 0 Å². The number of nitrogens with zero attached hydrogens (tertiary/aromatic N) is 4. The monoisotopic (exact) mass is 326 g/mol. The summed E-state index contributed by atoms with van der Waals surface area (Å²) in [4.78, 5) is 17.4. The normalized spacial score (nSPS) is 17.5. The van der Waals surface area contributed by atoms with Gasteiger partial charge in [-0.15, -0.1) is 5.10 Å². The Hall–Kier alpha value is -2.96. The van der Waals surface area contributed by atoms with Crippen LogP contribution in [-0.2, 0) is 0 Å². The van der Waals surface area contributed by atoms with Crippen molar-refractivity contribution in [2.75, 3.05) is 11.4 Å². The van der Waals surface area contributed by atoms with Crippen molar-refractivity contribution in [1.82, 2.24) is 14.6 Å². The molecule has 24 heavy (non-hydrogen) atoms. The summed E-state index contributed by atoms with van der Waals surface area (Å²) in [5, 5.41) is 13.7. The number of aromatic nitrogens is 3. The van der Waals surface area contributed by atoms with Gasteiger partial charge in [-0.3, -0.25) is 0 Å².